The van der Waals surface area contributed by atoms with E-state index in [4.69, 9.17) is 0 Å². The van der Waals surface area contributed by atoms with E-state index in [1.807, 2.05) is 17.0 Å². The molecule has 5 nitrogen and oxygen atoms in total. The molecule has 2 atom stereocenters. The van der Waals surface area contributed by atoms with Crippen LogP contribution in [0.1, 0.15) is 30.0 Å². The summed E-state index contributed by atoms with van der Waals surface area (Å²) < 4.78 is 0. The van der Waals surface area contributed by atoms with Crippen LogP contribution in [0.15, 0.2) is 24.3 Å². The zero-order valence-corrected chi connectivity index (χ0v) is 13.3. The second-order valence-electron chi connectivity index (χ2n) is 6.55. The van der Waals surface area contributed by atoms with Gasteiger partial charge in [-0.1, -0.05) is 24.3 Å². The van der Waals surface area contributed by atoms with E-state index < -0.39 is 0 Å². The van der Waals surface area contributed by atoms with Gasteiger partial charge >= 0.3 is 6.03 Å². The maximum atomic E-state index is 12.0. The van der Waals surface area contributed by atoms with Crippen molar-refractivity contribution in [1.82, 2.24) is 15.1 Å². The molecule has 5 heteroatoms. The van der Waals surface area contributed by atoms with Crippen molar-refractivity contribution in [3.63, 3.8) is 0 Å². The van der Waals surface area contributed by atoms with Crippen LogP contribution >= 0.6 is 0 Å². The average molecular weight is 303 g/mol. The Labute approximate surface area is 131 Å². The predicted octanol–water partition coefficient (Wildman–Crippen LogP) is 1.38. The minimum absolute atomic E-state index is 0.0253. The molecule has 1 aromatic rings. The van der Waals surface area contributed by atoms with Gasteiger partial charge in [-0.3, -0.25) is 0 Å². The number of carbonyl (C=O) groups excluding carboxylic acids is 1. The smallest absolute Gasteiger partial charge is 0.319 e. The maximum absolute atomic E-state index is 12.0. The predicted molar refractivity (Wildman–Crippen MR) is 85.7 cm³/mol. The summed E-state index contributed by atoms with van der Waals surface area (Å²) >= 11 is 0. The second kappa shape index (κ2) is 6.26. The standard InChI is InChI=1S/C17H25N3O2/c1-19(2)17(22)20-9-7-13(8-10-20)18-16-14-6-4-3-5-12(14)11-15(16)21/h3-6,13,15-16,18,21H,7-11H2,1-2H3/t15-,16+/m0/s1. The molecular weight excluding hydrogens is 278 g/mol. The molecule has 120 valence electrons. The van der Waals surface area contributed by atoms with Gasteiger partial charge in [0, 0.05) is 39.6 Å². The van der Waals surface area contributed by atoms with Crippen molar-refractivity contribution in [1.29, 1.82) is 0 Å². The lowest BCUT2D eigenvalue weighted by Gasteiger charge is -2.35. The van der Waals surface area contributed by atoms with Gasteiger partial charge in [0.25, 0.3) is 0 Å². The van der Waals surface area contributed by atoms with E-state index in [0.29, 0.717) is 6.04 Å². The molecule has 1 fully saturated rings. The molecule has 0 saturated carbocycles. The summed E-state index contributed by atoms with van der Waals surface area (Å²) in [5.41, 5.74) is 2.47. The van der Waals surface area contributed by atoms with Gasteiger partial charge in [0.05, 0.1) is 12.1 Å². The normalized spacial score (nSPS) is 25.1. The number of aliphatic hydroxyl groups excluding tert-OH is 1. The lowest BCUT2D eigenvalue weighted by Crippen LogP contribution is -2.49. The summed E-state index contributed by atoms with van der Waals surface area (Å²) in [5, 5.41) is 13.9. The third-order valence-electron chi connectivity index (χ3n) is 4.77. The van der Waals surface area contributed by atoms with Crippen molar-refractivity contribution >= 4 is 6.03 Å². The number of hydrogen-bond acceptors (Lipinski definition) is 3. The molecule has 1 aliphatic heterocycles. The highest BCUT2D eigenvalue weighted by molar-refractivity contribution is 5.73. The SMILES string of the molecule is CN(C)C(=O)N1CCC(N[C@@H]2c3ccccc3C[C@@H]2O)CC1. The second-order valence-corrected chi connectivity index (χ2v) is 6.55. The number of hydrogen-bond donors (Lipinski definition) is 2. The fourth-order valence-electron chi connectivity index (χ4n) is 3.55. The van der Waals surface area contributed by atoms with Gasteiger partial charge in [0.2, 0.25) is 0 Å². The van der Waals surface area contributed by atoms with Crippen molar-refractivity contribution in [2.45, 2.75) is 37.5 Å². The van der Waals surface area contributed by atoms with Crippen LogP contribution in [0.4, 0.5) is 4.79 Å². The van der Waals surface area contributed by atoms with Crippen LogP contribution in [0.2, 0.25) is 0 Å². The van der Waals surface area contributed by atoms with E-state index in [0.717, 1.165) is 32.4 Å². The van der Waals surface area contributed by atoms with E-state index in [9.17, 15) is 9.90 Å². The first-order valence-corrected chi connectivity index (χ1v) is 8.04. The Morgan fingerprint density at radius 1 is 1.27 bits per heavy atom. The van der Waals surface area contributed by atoms with Crippen LogP contribution in [-0.4, -0.2) is 60.3 Å². The van der Waals surface area contributed by atoms with Gasteiger partial charge in [-0.15, -0.1) is 0 Å². The third kappa shape index (κ3) is 2.96. The number of likely N-dealkylation sites (tertiary alicyclic amines) is 1. The van der Waals surface area contributed by atoms with Crippen LogP contribution in [0.3, 0.4) is 0 Å². The molecule has 0 radical (unpaired) electrons. The molecule has 1 heterocycles. The van der Waals surface area contributed by atoms with Crippen LogP contribution in [0, 0.1) is 0 Å². The Kier molecular flexibility index (Phi) is 4.36. The number of fused-ring (bicyclic) bond motifs is 1. The van der Waals surface area contributed by atoms with Gasteiger partial charge in [0.15, 0.2) is 0 Å². The van der Waals surface area contributed by atoms with Gasteiger partial charge in [-0.2, -0.15) is 0 Å². The molecule has 0 unspecified atom stereocenters. The molecule has 1 aliphatic carbocycles. The van der Waals surface area contributed by atoms with Crippen molar-refractivity contribution in [2.75, 3.05) is 27.2 Å². The molecular formula is C17H25N3O2. The summed E-state index contributed by atoms with van der Waals surface area (Å²) in [4.78, 5) is 15.5. The Balaban J connectivity index is 1.58. The van der Waals surface area contributed by atoms with E-state index in [2.05, 4.69) is 17.4 Å². The van der Waals surface area contributed by atoms with E-state index in [-0.39, 0.29) is 18.2 Å². The average Bonchev–Trinajstić information content (AvgIpc) is 2.83. The number of carbonyl (C=O) groups is 1. The van der Waals surface area contributed by atoms with Gasteiger partial charge in [-0.25, -0.2) is 4.79 Å². The molecule has 3 rings (SSSR count). The van der Waals surface area contributed by atoms with Crippen molar-refractivity contribution in [2.24, 2.45) is 0 Å². The van der Waals surface area contributed by atoms with Crippen molar-refractivity contribution in [3.05, 3.63) is 35.4 Å². The van der Waals surface area contributed by atoms with Crippen LogP contribution in [-0.2, 0) is 6.42 Å². The number of piperidine rings is 1. The van der Waals surface area contributed by atoms with Crippen LogP contribution < -0.4 is 5.32 Å². The number of amides is 2. The number of rotatable bonds is 2. The maximum Gasteiger partial charge on any atom is 0.319 e. The van der Waals surface area contributed by atoms with E-state index >= 15 is 0 Å². The highest BCUT2D eigenvalue weighted by Crippen LogP contribution is 2.32. The summed E-state index contributed by atoms with van der Waals surface area (Å²) in [7, 11) is 3.58. The lowest BCUT2D eigenvalue weighted by atomic mass is 10.0. The number of urea groups is 1. The quantitative estimate of drug-likeness (QED) is 0.868. The van der Waals surface area contributed by atoms with Crippen molar-refractivity contribution in [3.8, 4) is 0 Å². The number of benzene rings is 1. The summed E-state index contributed by atoms with van der Waals surface area (Å²) in [6.07, 6.45) is 2.25. The molecule has 0 bridgehead atoms. The Morgan fingerprint density at radius 2 is 1.95 bits per heavy atom. The Morgan fingerprint density at radius 3 is 2.64 bits per heavy atom. The molecule has 22 heavy (non-hydrogen) atoms. The minimum Gasteiger partial charge on any atom is -0.391 e. The van der Waals surface area contributed by atoms with E-state index in [1.54, 1.807) is 19.0 Å². The van der Waals surface area contributed by atoms with Crippen LogP contribution in [0.5, 0.6) is 0 Å². The molecule has 2 N–H and O–H groups in total. The van der Waals surface area contributed by atoms with Gasteiger partial charge < -0.3 is 20.2 Å². The summed E-state index contributed by atoms with van der Waals surface area (Å²) in [6, 6.07) is 8.73. The fourth-order valence-corrected chi connectivity index (χ4v) is 3.55. The molecule has 2 amide bonds. The zero-order chi connectivity index (χ0) is 15.7. The summed E-state index contributed by atoms with van der Waals surface area (Å²) in [6.45, 7) is 1.55. The monoisotopic (exact) mass is 303 g/mol. The Hall–Kier alpha value is -1.59. The van der Waals surface area contributed by atoms with Crippen molar-refractivity contribution < 1.29 is 9.90 Å². The van der Waals surface area contributed by atoms with Gasteiger partial charge in [0.1, 0.15) is 0 Å². The highest BCUT2D eigenvalue weighted by atomic mass is 16.3. The Bertz CT molecular complexity index is 538. The number of nitrogens with one attached hydrogen (secondary N) is 1. The first-order valence-electron chi connectivity index (χ1n) is 8.04. The fraction of sp³-hybridized carbons (Fsp3) is 0.588. The van der Waals surface area contributed by atoms with Crippen LogP contribution in [0.25, 0.3) is 0 Å². The first kappa shape index (κ1) is 15.3. The summed E-state index contributed by atoms with van der Waals surface area (Å²) in [5.74, 6) is 0. The molecule has 0 aromatic heterocycles. The zero-order valence-electron chi connectivity index (χ0n) is 13.3. The minimum atomic E-state index is -0.348. The molecule has 2 aliphatic rings. The highest BCUT2D eigenvalue weighted by Gasteiger charge is 2.33. The topological polar surface area (TPSA) is 55.8 Å². The van der Waals surface area contributed by atoms with Gasteiger partial charge in [-0.05, 0) is 24.0 Å². The largest absolute Gasteiger partial charge is 0.391 e. The number of nitrogens with zero attached hydrogens (tertiary/aromatic N) is 2. The molecule has 0 spiro atoms. The molecule has 1 aromatic carbocycles. The first-order chi connectivity index (χ1) is 10.6. The lowest BCUT2D eigenvalue weighted by molar-refractivity contribution is 0.118. The molecule has 1 saturated heterocycles. The third-order valence-corrected chi connectivity index (χ3v) is 4.77. The van der Waals surface area contributed by atoms with E-state index in [1.165, 1.54) is 11.1 Å². The number of aliphatic hydroxyl groups is 1.